The van der Waals surface area contributed by atoms with Crippen molar-refractivity contribution in [2.24, 2.45) is 5.92 Å². The summed E-state index contributed by atoms with van der Waals surface area (Å²) in [6, 6.07) is 3.50. The third-order valence-electron chi connectivity index (χ3n) is 2.81. The van der Waals surface area contributed by atoms with Crippen molar-refractivity contribution in [1.29, 1.82) is 0 Å². The van der Waals surface area contributed by atoms with E-state index in [1.807, 2.05) is 0 Å². The molecule has 0 saturated heterocycles. The molecule has 1 atom stereocenters. The molecule has 17 heavy (non-hydrogen) atoms. The van der Waals surface area contributed by atoms with Crippen molar-refractivity contribution in [2.75, 3.05) is 6.54 Å². The highest BCUT2D eigenvalue weighted by molar-refractivity contribution is 9.09. The van der Waals surface area contributed by atoms with Crippen LogP contribution < -0.4 is 5.32 Å². The van der Waals surface area contributed by atoms with Gasteiger partial charge >= 0.3 is 0 Å². The summed E-state index contributed by atoms with van der Waals surface area (Å²) in [5, 5.41) is 2.93. The Bertz CT molecular complexity index is 365. The fourth-order valence-corrected chi connectivity index (χ4v) is 3.55. The Morgan fingerprint density at radius 1 is 1.47 bits per heavy atom. The molecule has 1 aromatic rings. The average Bonchev–Trinajstić information content (AvgIpc) is 2.74. The maximum absolute atomic E-state index is 11.8. The molecule has 1 unspecified atom stereocenters. The van der Waals surface area contributed by atoms with Gasteiger partial charge in [0, 0.05) is 11.4 Å². The molecule has 0 saturated carbocycles. The van der Waals surface area contributed by atoms with Crippen LogP contribution in [0.5, 0.6) is 0 Å². The molecular weight excluding hydrogens is 322 g/mol. The maximum atomic E-state index is 11.8. The second-order valence-electron chi connectivity index (χ2n) is 3.91. The Hall–Kier alpha value is -0.0600. The van der Waals surface area contributed by atoms with Crippen molar-refractivity contribution >= 4 is 44.8 Å². The van der Waals surface area contributed by atoms with E-state index in [9.17, 15) is 4.79 Å². The smallest absolute Gasteiger partial charge is 0.261 e. The van der Waals surface area contributed by atoms with Crippen molar-refractivity contribution in [2.45, 2.75) is 31.5 Å². The standard InChI is InChI=1S/C12H17BrClNOS/c1-3-8(4-2)9(13)7-15-12(16)10-5-6-11(14)17-10/h5-6,8-9H,3-4,7H2,1-2H3,(H,15,16). The number of amides is 1. The number of thiophene rings is 1. The van der Waals surface area contributed by atoms with E-state index in [4.69, 9.17) is 11.6 Å². The van der Waals surface area contributed by atoms with Crippen LogP contribution in [0.4, 0.5) is 0 Å². The summed E-state index contributed by atoms with van der Waals surface area (Å²) in [5.41, 5.74) is 0. The first-order valence-corrected chi connectivity index (χ1v) is 7.87. The molecule has 5 heteroatoms. The molecule has 0 bridgehead atoms. The van der Waals surface area contributed by atoms with Crippen LogP contribution in [0.1, 0.15) is 36.4 Å². The number of carbonyl (C=O) groups excluding carboxylic acids is 1. The number of hydrogen-bond acceptors (Lipinski definition) is 2. The van der Waals surface area contributed by atoms with E-state index in [-0.39, 0.29) is 5.91 Å². The Balaban J connectivity index is 2.43. The van der Waals surface area contributed by atoms with Crippen LogP contribution in [0, 0.1) is 5.92 Å². The lowest BCUT2D eigenvalue weighted by Gasteiger charge is -2.19. The first-order chi connectivity index (χ1) is 8.08. The van der Waals surface area contributed by atoms with Gasteiger partial charge in [0.25, 0.3) is 5.91 Å². The van der Waals surface area contributed by atoms with Gasteiger partial charge in [-0.3, -0.25) is 4.79 Å². The normalized spacial score (nSPS) is 12.8. The minimum Gasteiger partial charge on any atom is -0.350 e. The van der Waals surface area contributed by atoms with Crippen LogP contribution >= 0.6 is 38.9 Å². The molecule has 1 aromatic heterocycles. The van der Waals surface area contributed by atoms with E-state index in [2.05, 4.69) is 35.1 Å². The molecule has 0 fully saturated rings. The molecule has 1 rings (SSSR count). The van der Waals surface area contributed by atoms with Gasteiger partial charge in [-0.15, -0.1) is 11.3 Å². The molecule has 1 amide bonds. The number of rotatable bonds is 6. The van der Waals surface area contributed by atoms with Crippen LogP contribution in [0.2, 0.25) is 4.34 Å². The summed E-state index contributed by atoms with van der Waals surface area (Å²) in [7, 11) is 0. The highest BCUT2D eigenvalue weighted by Gasteiger charge is 2.17. The zero-order valence-electron chi connectivity index (χ0n) is 10.0. The van der Waals surface area contributed by atoms with Gasteiger partial charge < -0.3 is 5.32 Å². The Morgan fingerprint density at radius 3 is 2.59 bits per heavy atom. The SMILES string of the molecule is CCC(CC)C(Br)CNC(=O)c1ccc(Cl)s1. The molecule has 1 N–H and O–H groups in total. The van der Waals surface area contributed by atoms with Crippen molar-refractivity contribution in [3.63, 3.8) is 0 Å². The molecule has 0 radical (unpaired) electrons. The Morgan fingerprint density at radius 2 is 2.12 bits per heavy atom. The zero-order valence-corrected chi connectivity index (χ0v) is 13.2. The van der Waals surface area contributed by atoms with Gasteiger partial charge in [-0.1, -0.05) is 54.2 Å². The van der Waals surface area contributed by atoms with Crippen LogP contribution in [0.3, 0.4) is 0 Å². The molecule has 2 nitrogen and oxygen atoms in total. The summed E-state index contributed by atoms with van der Waals surface area (Å²) >= 11 is 10.7. The minimum atomic E-state index is -0.0442. The Kier molecular flexibility index (Phi) is 6.52. The molecule has 96 valence electrons. The second kappa shape index (κ2) is 7.39. The van der Waals surface area contributed by atoms with Crippen molar-refractivity contribution in [3.8, 4) is 0 Å². The minimum absolute atomic E-state index is 0.0442. The van der Waals surface area contributed by atoms with Gasteiger partial charge in [0.1, 0.15) is 0 Å². The van der Waals surface area contributed by atoms with Crippen molar-refractivity contribution in [1.82, 2.24) is 5.32 Å². The second-order valence-corrected chi connectivity index (χ2v) is 6.80. The average molecular weight is 339 g/mol. The number of hydrogen-bond donors (Lipinski definition) is 1. The van der Waals surface area contributed by atoms with E-state index >= 15 is 0 Å². The van der Waals surface area contributed by atoms with Crippen LogP contribution in [0.15, 0.2) is 12.1 Å². The number of alkyl halides is 1. The first-order valence-electron chi connectivity index (χ1n) is 5.76. The maximum Gasteiger partial charge on any atom is 0.261 e. The third kappa shape index (κ3) is 4.60. The number of carbonyl (C=O) groups is 1. The predicted octanol–water partition coefficient (Wildman–Crippen LogP) is 4.33. The first kappa shape index (κ1) is 15.0. The van der Waals surface area contributed by atoms with Crippen LogP contribution in [-0.2, 0) is 0 Å². The van der Waals surface area contributed by atoms with E-state index in [1.165, 1.54) is 11.3 Å². The molecule has 1 heterocycles. The third-order valence-corrected chi connectivity index (χ3v) is 5.12. The van der Waals surface area contributed by atoms with Gasteiger partial charge in [0.05, 0.1) is 9.21 Å². The van der Waals surface area contributed by atoms with Gasteiger partial charge in [-0.25, -0.2) is 0 Å². The highest BCUT2D eigenvalue weighted by Crippen LogP contribution is 2.22. The van der Waals surface area contributed by atoms with E-state index in [1.54, 1.807) is 12.1 Å². The summed E-state index contributed by atoms with van der Waals surface area (Å²) in [6.07, 6.45) is 2.24. The summed E-state index contributed by atoms with van der Waals surface area (Å²) in [6.45, 7) is 4.99. The van der Waals surface area contributed by atoms with Crippen LogP contribution in [0.25, 0.3) is 0 Å². The Labute approximate surface area is 120 Å². The van der Waals surface area contributed by atoms with Crippen molar-refractivity contribution < 1.29 is 4.79 Å². The molecule has 0 aliphatic rings. The van der Waals surface area contributed by atoms with E-state index in [0.29, 0.717) is 26.5 Å². The van der Waals surface area contributed by atoms with Gasteiger partial charge in [0.2, 0.25) is 0 Å². The number of nitrogens with one attached hydrogen (secondary N) is 1. The summed E-state index contributed by atoms with van der Waals surface area (Å²) in [5.74, 6) is 0.555. The molecule has 0 aliphatic heterocycles. The molecule has 0 aromatic carbocycles. The lowest BCUT2D eigenvalue weighted by molar-refractivity contribution is 0.0956. The lowest BCUT2D eigenvalue weighted by atomic mass is 9.99. The molecule has 0 aliphatic carbocycles. The highest BCUT2D eigenvalue weighted by atomic mass is 79.9. The van der Waals surface area contributed by atoms with Gasteiger partial charge in [0.15, 0.2) is 0 Å². The van der Waals surface area contributed by atoms with Gasteiger partial charge in [-0.2, -0.15) is 0 Å². The van der Waals surface area contributed by atoms with E-state index in [0.717, 1.165) is 12.8 Å². The molecular formula is C12H17BrClNOS. The topological polar surface area (TPSA) is 29.1 Å². The monoisotopic (exact) mass is 337 g/mol. The largest absolute Gasteiger partial charge is 0.350 e. The van der Waals surface area contributed by atoms with Crippen molar-refractivity contribution in [3.05, 3.63) is 21.3 Å². The lowest BCUT2D eigenvalue weighted by Crippen LogP contribution is -2.32. The number of halogens is 2. The predicted molar refractivity (Wildman–Crippen MR) is 78.4 cm³/mol. The molecule has 0 spiro atoms. The zero-order chi connectivity index (χ0) is 12.8. The van der Waals surface area contributed by atoms with E-state index < -0.39 is 0 Å². The van der Waals surface area contributed by atoms with Gasteiger partial charge in [-0.05, 0) is 18.1 Å². The summed E-state index contributed by atoms with van der Waals surface area (Å²) < 4.78 is 0.644. The summed E-state index contributed by atoms with van der Waals surface area (Å²) in [4.78, 5) is 12.8. The fourth-order valence-electron chi connectivity index (χ4n) is 1.68. The fraction of sp³-hybridized carbons (Fsp3) is 0.583. The van der Waals surface area contributed by atoms with Crippen LogP contribution in [-0.4, -0.2) is 17.3 Å². The quantitative estimate of drug-likeness (QED) is 0.768.